The van der Waals surface area contributed by atoms with Crippen molar-refractivity contribution in [3.63, 3.8) is 0 Å². The molecule has 1 aromatic carbocycles. The van der Waals surface area contributed by atoms with Gasteiger partial charge in [-0.3, -0.25) is 9.36 Å². The third-order valence-electron chi connectivity index (χ3n) is 5.25. The SMILES string of the molecule is O=C(CSc1nc(=O)n(Cc2cccs2)c2c1CCCC2)Nc1cc(C(F)(F)F)ccc1Cl. The molecule has 0 unspecified atom stereocenters. The Bertz CT molecular complexity index is 1230. The van der Waals surface area contributed by atoms with Crippen molar-refractivity contribution in [1.29, 1.82) is 0 Å². The summed E-state index contributed by atoms with van der Waals surface area (Å²) in [5.74, 6) is -0.643. The van der Waals surface area contributed by atoms with Crippen LogP contribution in [0.2, 0.25) is 5.02 Å². The second kappa shape index (κ2) is 9.90. The predicted molar refractivity (Wildman–Crippen MR) is 124 cm³/mol. The second-order valence-corrected chi connectivity index (χ2v) is 9.93. The molecule has 0 atom stereocenters. The molecule has 1 aliphatic rings. The fourth-order valence-corrected chi connectivity index (χ4v) is 5.44. The van der Waals surface area contributed by atoms with E-state index in [1.807, 2.05) is 17.5 Å². The first-order chi connectivity index (χ1) is 15.7. The van der Waals surface area contributed by atoms with Crippen molar-refractivity contribution in [3.8, 4) is 0 Å². The summed E-state index contributed by atoms with van der Waals surface area (Å²) in [5, 5.41) is 4.90. The molecule has 1 N–H and O–H groups in total. The molecular formula is C22H19ClF3N3O2S2. The number of fused-ring (bicyclic) bond motifs is 1. The number of hydrogen-bond acceptors (Lipinski definition) is 5. The molecule has 2 aromatic heterocycles. The standard InChI is InChI=1S/C22H19ClF3N3O2S2/c23-16-8-7-13(22(24,25)26)10-17(16)27-19(30)12-33-20-15-5-1-2-6-18(15)29(21(31)28-20)11-14-4-3-9-32-14/h3-4,7-10H,1-2,5-6,11-12H2,(H,27,30). The van der Waals surface area contributed by atoms with Gasteiger partial charge in [0.05, 0.1) is 28.6 Å². The number of aromatic nitrogens is 2. The molecular weight excluding hydrogens is 495 g/mol. The number of nitrogens with zero attached hydrogens (tertiary/aromatic N) is 2. The van der Waals surface area contributed by atoms with Crippen molar-refractivity contribution >= 4 is 46.3 Å². The van der Waals surface area contributed by atoms with Crippen molar-refractivity contribution in [2.24, 2.45) is 0 Å². The average molecular weight is 514 g/mol. The van der Waals surface area contributed by atoms with Crippen LogP contribution in [-0.4, -0.2) is 21.2 Å². The second-order valence-electron chi connectivity index (χ2n) is 7.53. The Morgan fingerprint density at radius 3 is 2.76 bits per heavy atom. The minimum atomic E-state index is -4.55. The van der Waals surface area contributed by atoms with E-state index in [0.29, 0.717) is 11.6 Å². The monoisotopic (exact) mass is 513 g/mol. The lowest BCUT2D eigenvalue weighted by atomic mass is 9.97. The zero-order chi connectivity index (χ0) is 23.6. The minimum Gasteiger partial charge on any atom is -0.324 e. The van der Waals surface area contributed by atoms with Gasteiger partial charge in [-0.25, -0.2) is 4.79 Å². The normalized spacial score (nSPS) is 13.6. The molecule has 174 valence electrons. The lowest BCUT2D eigenvalue weighted by molar-refractivity contribution is -0.137. The van der Waals surface area contributed by atoms with Gasteiger partial charge < -0.3 is 5.32 Å². The Morgan fingerprint density at radius 1 is 1.24 bits per heavy atom. The van der Waals surface area contributed by atoms with Crippen molar-refractivity contribution < 1.29 is 18.0 Å². The number of thioether (sulfide) groups is 1. The van der Waals surface area contributed by atoms with Crippen LogP contribution < -0.4 is 11.0 Å². The van der Waals surface area contributed by atoms with Gasteiger partial charge in [0, 0.05) is 16.1 Å². The third-order valence-corrected chi connectivity index (χ3v) is 7.46. The van der Waals surface area contributed by atoms with E-state index in [4.69, 9.17) is 11.6 Å². The van der Waals surface area contributed by atoms with Gasteiger partial charge in [0.15, 0.2) is 0 Å². The van der Waals surface area contributed by atoms with Gasteiger partial charge in [-0.1, -0.05) is 29.4 Å². The zero-order valence-corrected chi connectivity index (χ0v) is 19.6. The van der Waals surface area contributed by atoms with E-state index >= 15 is 0 Å². The Kier molecular flexibility index (Phi) is 7.16. The minimum absolute atomic E-state index is 0.00743. The number of nitrogens with one attached hydrogen (secondary N) is 1. The van der Waals surface area contributed by atoms with Gasteiger partial charge in [0.1, 0.15) is 5.03 Å². The molecule has 2 heterocycles. The number of halogens is 4. The molecule has 0 radical (unpaired) electrons. The molecule has 1 aliphatic carbocycles. The van der Waals surface area contributed by atoms with Crippen LogP contribution in [0.5, 0.6) is 0 Å². The number of carbonyl (C=O) groups is 1. The van der Waals surface area contributed by atoms with Crippen molar-refractivity contribution in [2.75, 3.05) is 11.1 Å². The number of alkyl halides is 3. The van der Waals surface area contributed by atoms with Crippen LogP contribution in [-0.2, 0) is 30.4 Å². The summed E-state index contributed by atoms with van der Waals surface area (Å²) in [6.07, 6.45) is -1.09. The summed E-state index contributed by atoms with van der Waals surface area (Å²) in [5.41, 5.74) is 0.525. The van der Waals surface area contributed by atoms with E-state index in [1.54, 1.807) is 15.9 Å². The summed E-state index contributed by atoms with van der Waals surface area (Å²) in [6, 6.07) is 6.66. The number of anilines is 1. The number of thiophene rings is 1. The molecule has 0 saturated heterocycles. The molecule has 0 saturated carbocycles. The highest BCUT2D eigenvalue weighted by molar-refractivity contribution is 8.00. The lowest BCUT2D eigenvalue weighted by Crippen LogP contribution is -2.30. The van der Waals surface area contributed by atoms with Gasteiger partial charge in [-0.15, -0.1) is 11.3 Å². The highest BCUT2D eigenvalue weighted by atomic mass is 35.5. The first-order valence-electron chi connectivity index (χ1n) is 10.2. The first-order valence-corrected chi connectivity index (χ1v) is 12.4. The highest BCUT2D eigenvalue weighted by Gasteiger charge is 2.31. The van der Waals surface area contributed by atoms with Crippen molar-refractivity contribution in [1.82, 2.24) is 9.55 Å². The molecule has 1 amide bonds. The quantitative estimate of drug-likeness (QED) is 0.342. The van der Waals surface area contributed by atoms with E-state index in [1.165, 1.54) is 0 Å². The average Bonchev–Trinajstić information content (AvgIpc) is 3.28. The first kappa shape index (κ1) is 23.8. The summed E-state index contributed by atoms with van der Waals surface area (Å²) in [4.78, 5) is 30.5. The molecule has 5 nitrogen and oxygen atoms in total. The fourth-order valence-electron chi connectivity index (χ4n) is 3.71. The third kappa shape index (κ3) is 5.62. The topological polar surface area (TPSA) is 64.0 Å². The van der Waals surface area contributed by atoms with E-state index in [9.17, 15) is 22.8 Å². The Balaban J connectivity index is 1.51. The van der Waals surface area contributed by atoms with Gasteiger partial charge >= 0.3 is 11.9 Å². The summed E-state index contributed by atoms with van der Waals surface area (Å²) >= 11 is 8.64. The van der Waals surface area contributed by atoms with Gasteiger partial charge in [0.25, 0.3) is 0 Å². The van der Waals surface area contributed by atoms with Crippen LogP contribution in [0.1, 0.15) is 34.5 Å². The summed E-state index contributed by atoms with van der Waals surface area (Å²) in [6.45, 7) is 0.464. The smallest absolute Gasteiger partial charge is 0.324 e. The van der Waals surface area contributed by atoms with Crippen LogP contribution in [0.4, 0.5) is 18.9 Å². The largest absolute Gasteiger partial charge is 0.416 e. The molecule has 11 heteroatoms. The van der Waals surface area contributed by atoms with E-state index in [-0.39, 0.29) is 22.2 Å². The highest BCUT2D eigenvalue weighted by Crippen LogP contribution is 2.34. The molecule has 0 bridgehead atoms. The number of amides is 1. The molecule has 0 spiro atoms. The number of hydrogen-bond donors (Lipinski definition) is 1. The van der Waals surface area contributed by atoms with E-state index in [2.05, 4.69) is 10.3 Å². The van der Waals surface area contributed by atoms with Crippen LogP contribution in [0.15, 0.2) is 45.5 Å². The van der Waals surface area contributed by atoms with Gasteiger partial charge in [-0.2, -0.15) is 18.2 Å². The molecule has 33 heavy (non-hydrogen) atoms. The summed E-state index contributed by atoms with van der Waals surface area (Å²) < 4.78 is 40.6. The maximum atomic E-state index is 13.0. The maximum absolute atomic E-state index is 13.0. The Labute approximate surface area is 201 Å². The van der Waals surface area contributed by atoms with E-state index < -0.39 is 17.6 Å². The van der Waals surface area contributed by atoms with Crippen LogP contribution in [0, 0.1) is 0 Å². The molecule has 0 fully saturated rings. The predicted octanol–water partition coefficient (Wildman–Crippen LogP) is 5.63. The van der Waals surface area contributed by atoms with Crippen LogP contribution >= 0.6 is 34.7 Å². The van der Waals surface area contributed by atoms with E-state index in [0.717, 1.165) is 71.8 Å². The molecule has 4 rings (SSSR count). The van der Waals surface area contributed by atoms with Gasteiger partial charge in [-0.05, 0) is 55.3 Å². The maximum Gasteiger partial charge on any atom is 0.416 e. The molecule has 0 aliphatic heterocycles. The summed E-state index contributed by atoms with van der Waals surface area (Å²) in [7, 11) is 0. The number of benzene rings is 1. The lowest BCUT2D eigenvalue weighted by Gasteiger charge is -2.22. The van der Waals surface area contributed by atoms with Crippen molar-refractivity contribution in [2.45, 2.75) is 43.4 Å². The Hall–Kier alpha value is -2.30. The van der Waals surface area contributed by atoms with Crippen LogP contribution in [0.25, 0.3) is 0 Å². The fraction of sp³-hybridized carbons (Fsp3) is 0.318. The molecule has 3 aromatic rings. The number of carbonyl (C=O) groups excluding carboxylic acids is 1. The number of rotatable bonds is 6. The van der Waals surface area contributed by atoms with Crippen LogP contribution in [0.3, 0.4) is 0 Å². The zero-order valence-electron chi connectivity index (χ0n) is 17.2. The van der Waals surface area contributed by atoms with Gasteiger partial charge in [0.2, 0.25) is 5.91 Å². The Morgan fingerprint density at radius 2 is 2.03 bits per heavy atom. The van der Waals surface area contributed by atoms with Crippen molar-refractivity contribution in [3.05, 3.63) is 72.9 Å².